The SMILES string of the molecule is CCC(CCO)NC(=O)Nc1c(C(C)C)cccc1C(C)C. The van der Waals surface area contributed by atoms with Crippen LogP contribution in [0.5, 0.6) is 0 Å². The zero-order valence-electron chi connectivity index (χ0n) is 14.4. The van der Waals surface area contributed by atoms with Crippen LogP contribution in [0.15, 0.2) is 18.2 Å². The highest BCUT2D eigenvalue weighted by Gasteiger charge is 2.17. The van der Waals surface area contributed by atoms with E-state index in [2.05, 4.69) is 50.5 Å². The Kier molecular flexibility index (Phi) is 7.39. The Hall–Kier alpha value is -1.55. The molecule has 0 aliphatic rings. The number of benzene rings is 1. The van der Waals surface area contributed by atoms with Crippen molar-refractivity contribution in [1.29, 1.82) is 0 Å². The standard InChI is InChI=1S/C18H30N2O2/c1-6-14(10-11-21)19-18(22)20-17-15(12(2)3)8-7-9-16(17)13(4)5/h7-9,12-14,21H,6,10-11H2,1-5H3,(H2,19,20,22). The molecule has 0 aliphatic heterocycles. The van der Waals surface area contributed by atoms with E-state index in [4.69, 9.17) is 5.11 Å². The summed E-state index contributed by atoms with van der Waals surface area (Å²) in [6.45, 7) is 10.6. The molecule has 0 aliphatic carbocycles. The van der Waals surface area contributed by atoms with Crippen LogP contribution < -0.4 is 10.6 Å². The molecule has 0 saturated heterocycles. The molecule has 1 rings (SSSR count). The molecule has 1 aromatic rings. The normalized spacial score (nSPS) is 12.5. The van der Waals surface area contributed by atoms with Gasteiger partial charge in [0.15, 0.2) is 0 Å². The van der Waals surface area contributed by atoms with Crippen LogP contribution in [0.2, 0.25) is 0 Å². The molecule has 0 heterocycles. The van der Waals surface area contributed by atoms with E-state index < -0.39 is 0 Å². The molecule has 0 radical (unpaired) electrons. The highest BCUT2D eigenvalue weighted by Crippen LogP contribution is 2.32. The average molecular weight is 306 g/mol. The van der Waals surface area contributed by atoms with Gasteiger partial charge in [0.25, 0.3) is 0 Å². The Balaban J connectivity index is 2.97. The smallest absolute Gasteiger partial charge is 0.319 e. The van der Waals surface area contributed by atoms with Gasteiger partial charge in [-0.05, 0) is 35.8 Å². The number of rotatable bonds is 7. The first-order valence-electron chi connectivity index (χ1n) is 8.21. The molecule has 3 N–H and O–H groups in total. The quantitative estimate of drug-likeness (QED) is 0.706. The Labute approximate surface area is 134 Å². The second-order valence-corrected chi connectivity index (χ2v) is 6.34. The molecule has 0 saturated carbocycles. The van der Waals surface area contributed by atoms with E-state index in [-0.39, 0.29) is 18.7 Å². The molecule has 124 valence electrons. The lowest BCUT2D eigenvalue weighted by molar-refractivity contribution is 0.237. The van der Waals surface area contributed by atoms with Gasteiger partial charge in [-0.2, -0.15) is 0 Å². The Morgan fingerprint density at radius 3 is 2.09 bits per heavy atom. The fraction of sp³-hybridized carbons (Fsp3) is 0.611. The Morgan fingerprint density at radius 2 is 1.68 bits per heavy atom. The molecular formula is C18H30N2O2. The summed E-state index contributed by atoms with van der Waals surface area (Å²) in [7, 11) is 0. The van der Waals surface area contributed by atoms with Crippen molar-refractivity contribution in [2.24, 2.45) is 0 Å². The van der Waals surface area contributed by atoms with E-state index in [1.165, 1.54) is 0 Å². The van der Waals surface area contributed by atoms with Gasteiger partial charge in [-0.25, -0.2) is 4.79 Å². The molecule has 4 heteroatoms. The van der Waals surface area contributed by atoms with Crippen molar-refractivity contribution in [2.45, 2.75) is 65.3 Å². The molecule has 0 bridgehead atoms. The van der Waals surface area contributed by atoms with Gasteiger partial charge in [-0.1, -0.05) is 52.8 Å². The average Bonchev–Trinajstić information content (AvgIpc) is 2.46. The summed E-state index contributed by atoms with van der Waals surface area (Å²) >= 11 is 0. The fourth-order valence-electron chi connectivity index (χ4n) is 2.56. The van der Waals surface area contributed by atoms with Crippen molar-refractivity contribution < 1.29 is 9.90 Å². The number of aliphatic hydroxyl groups excluding tert-OH is 1. The van der Waals surface area contributed by atoms with Gasteiger partial charge >= 0.3 is 6.03 Å². The van der Waals surface area contributed by atoms with Gasteiger partial charge in [-0.3, -0.25) is 0 Å². The minimum absolute atomic E-state index is 0.00119. The van der Waals surface area contributed by atoms with Crippen LogP contribution in [0.1, 0.15) is 70.4 Å². The van der Waals surface area contributed by atoms with Gasteiger partial charge in [0.05, 0.1) is 0 Å². The number of hydrogen-bond donors (Lipinski definition) is 3. The predicted octanol–water partition coefficient (Wildman–Crippen LogP) is 4.22. The number of para-hydroxylation sites is 1. The van der Waals surface area contributed by atoms with Crippen LogP contribution in [-0.2, 0) is 0 Å². The van der Waals surface area contributed by atoms with Crippen molar-refractivity contribution >= 4 is 11.7 Å². The topological polar surface area (TPSA) is 61.4 Å². The van der Waals surface area contributed by atoms with E-state index in [1.54, 1.807) is 0 Å². The second-order valence-electron chi connectivity index (χ2n) is 6.34. The number of nitrogens with one attached hydrogen (secondary N) is 2. The van der Waals surface area contributed by atoms with Gasteiger partial charge in [-0.15, -0.1) is 0 Å². The summed E-state index contributed by atoms with van der Waals surface area (Å²) in [6, 6.07) is 5.98. The minimum atomic E-state index is -0.199. The van der Waals surface area contributed by atoms with Crippen LogP contribution in [0, 0.1) is 0 Å². The van der Waals surface area contributed by atoms with Crippen molar-refractivity contribution in [3.05, 3.63) is 29.3 Å². The van der Waals surface area contributed by atoms with Gasteiger partial charge < -0.3 is 15.7 Å². The molecule has 2 amide bonds. The first-order chi connectivity index (χ1) is 10.4. The van der Waals surface area contributed by atoms with Crippen molar-refractivity contribution in [2.75, 3.05) is 11.9 Å². The highest BCUT2D eigenvalue weighted by atomic mass is 16.3. The second kappa shape index (κ2) is 8.79. The molecule has 0 fully saturated rings. The van der Waals surface area contributed by atoms with Gasteiger partial charge in [0.1, 0.15) is 0 Å². The maximum Gasteiger partial charge on any atom is 0.319 e. The summed E-state index contributed by atoms with van der Waals surface area (Å²) in [5, 5.41) is 15.0. The van der Waals surface area contributed by atoms with E-state index in [0.717, 1.165) is 23.2 Å². The van der Waals surface area contributed by atoms with Gasteiger partial charge in [0.2, 0.25) is 0 Å². The number of hydrogen-bond acceptors (Lipinski definition) is 2. The number of carbonyl (C=O) groups excluding carboxylic acids is 1. The maximum atomic E-state index is 12.3. The molecule has 1 unspecified atom stereocenters. The molecule has 0 aromatic heterocycles. The predicted molar refractivity (Wildman–Crippen MR) is 92.6 cm³/mol. The molecular weight excluding hydrogens is 276 g/mol. The molecule has 1 atom stereocenters. The van der Waals surface area contributed by atoms with Crippen LogP contribution >= 0.6 is 0 Å². The lowest BCUT2D eigenvalue weighted by Gasteiger charge is -2.22. The van der Waals surface area contributed by atoms with E-state index >= 15 is 0 Å². The summed E-state index contributed by atoms with van der Waals surface area (Å²) in [5.41, 5.74) is 3.22. The fourth-order valence-corrected chi connectivity index (χ4v) is 2.56. The van der Waals surface area contributed by atoms with E-state index in [9.17, 15) is 4.79 Å². The molecule has 22 heavy (non-hydrogen) atoms. The third kappa shape index (κ3) is 5.02. The number of amides is 2. The Bertz CT molecular complexity index is 458. The lowest BCUT2D eigenvalue weighted by Crippen LogP contribution is -2.38. The zero-order valence-corrected chi connectivity index (χ0v) is 14.4. The number of aliphatic hydroxyl groups is 1. The molecule has 4 nitrogen and oxygen atoms in total. The third-order valence-corrected chi connectivity index (χ3v) is 3.92. The summed E-state index contributed by atoms with van der Waals surface area (Å²) in [4.78, 5) is 12.3. The van der Waals surface area contributed by atoms with E-state index in [0.29, 0.717) is 18.3 Å². The number of carbonyl (C=O) groups is 1. The largest absolute Gasteiger partial charge is 0.396 e. The van der Waals surface area contributed by atoms with Crippen LogP contribution in [0.3, 0.4) is 0 Å². The molecule has 1 aromatic carbocycles. The molecule has 0 spiro atoms. The Morgan fingerprint density at radius 1 is 1.14 bits per heavy atom. The highest BCUT2D eigenvalue weighted by molar-refractivity contribution is 5.91. The van der Waals surface area contributed by atoms with Crippen molar-refractivity contribution in [1.82, 2.24) is 5.32 Å². The van der Waals surface area contributed by atoms with Crippen molar-refractivity contribution in [3.8, 4) is 0 Å². The van der Waals surface area contributed by atoms with Crippen molar-refractivity contribution in [3.63, 3.8) is 0 Å². The van der Waals surface area contributed by atoms with Crippen LogP contribution in [-0.4, -0.2) is 23.8 Å². The number of anilines is 1. The maximum absolute atomic E-state index is 12.3. The first-order valence-corrected chi connectivity index (χ1v) is 8.21. The zero-order chi connectivity index (χ0) is 16.7. The first kappa shape index (κ1) is 18.5. The number of urea groups is 1. The van der Waals surface area contributed by atoms with Gasteiger partial charge in [0, 0.05) is 18.3 Å². The van der Waals surface area contributed by atoms with E-state index in [1.807, 2.05) is 13.0 Å². The van der Waals surface area contributed by atoms with Crippen LogP contribution in [0.25, 0.3) is 0 Å². The monoisotopic (exact) mass is 306 g/mol. The summed E-state index contributed by atoms with van der Waals surface area (Å²) in [6.07, 6.45) is 1.38. The minimum Gasteiger partial charge on any atom is -0.396 e. The third-order valence-electron chi connectivity index (χ3n) is 3.92. The summed E-state index contributed by atoms with van der Waals surface area (Å²) in [5.74, 6) is 0.682. The lowest BCUT2D eigenvalue weighted by atomic mass is 9.93. The van der Waals surface area contributed by atoms with Crippen LogP contribution in [0.4, 0.5) is 10.5 Å². The summed E-state index contributed by atoms with van der Waals surface area (Å²) < 4.78 is 0.